The lowest BCUT2D eigenvalue weighted by atomic mass is 9.90. The van der Waals surface area contributed by atoms with E-state index in [2.05, 4.69) is 19.9 Å². The van der Waals surface area contributed by atoms with Crippen LogP contribution in [0.3, 0.4) is 0 Å². The minimum Gasteiger partial charge on any atom is -0.385 e. The molecule has 0 aliphatic carbocycles. The van der Waals surface area contributed by atoms with E-state index in [1.807, 2.05) is 33.8 Å². The lowest BCUT2D eigenvalue weighted by Gasteiger charge is -2.43. The van der Waals surface area contributed by atoms with Crippen LogP contribution in [0.5, 0.6) is 0 Å². The van der Waals surface area contributed by atoms with Crippen LogP contribution in [0.2, 0.25) is 0 Å². The highest BCUT2D eigenvalue weighted by Crippen LogP contribution is 2.42. The third-order valence-corrected chi connectivity index (χ3v) is 4.39. The third-order valence-electron chi connectivity index (χ3n) is 4.39. The number of aryl methyl sites for hydroxylation is 2. The second kappa shape index (κ2) is 5.80. The predicted octanol–water partition coefficient (Wildman–Crippen LogP) is 3.07. The quantitative estimate of drug-likeness (QED) is 0.810. The Hall–Kier alpha value is -1.75. The molecule has 0 amide bonds. The summed E-state index contributed by atoms with van der Waals surface area (Å²) in [5.74, 6) is 1.75. The second-order valence-electron chi connectivity index (χ2n) is 5.84. The molecule has 1 saturated heterocycles. The molecule has 0 aromatic carbocycles. The maximum absolute atomic E-state index is 10.7. The molecule has 1 N–H and O–H groups in total. The number of piperidine rings is 1. The number of pyridine rings is 1. The van der Waals surface area contributed by atoms with E-state index in [-0.39, 0.29) is 6.04 Å². The summed E-state index contributed by atoms with van der Waals surface area (Å²) >= 11 is 0. The van der Waals surface area contributed by atoms with Crippen LogP contribution in [-0.4, -0.2) is 32.6 Å². The second-order valence-corrected chi connectivity index (χ2v) is 5.84. The van der Waals surface area contributed by atoms with Crippen LogP contribution in [0.1, 0.15) is 56.4 Å². The van der Waals surface area contributed by atoms with Crippen LogP contribution in [0, 0.1) is 13.8 Å². The van der Waals surface area contributed by atoms with Gasteiger partial charge in [-0.05, 0) is 39.2 Å². The van der Waals surface area contributed by atoms with Crippen molar-refractivity contribution in [1.82, 2.24) is 15.0 Å². The Labute approximate surface area is 131 Å². The van der Waals surface area contributed by atoms with E-state index in [4.69, 9.17) is 0 Å². The normalized spacial score (nSPS) is 22.9. The fourth-order valence-electron chi connectivity index (χ4n) is 3.56. The van der Waals surface area contributed by atoms with E-state index in [1.165, 1.54) is 0 Å². The molecule has 5 nitrogen and oxygen atoms in total. The summed E-state index contributed by atoms with van der Waals surface area (Å²) in [5, 5.41) is 11.6. The molecule has 22 heavy (non-hydrogen) atoms. The molecule has 2 aliphatic rings. The zero-order valence-corrected chi connectivity index (χ0v) is 13.8. The first-order valence-electron chi connectivity index (χ1n) is 8.26. The highest BCUT2D eigenvalue weighted by molar-refractivity contribution is 5.93. The number of rotatable bonds is 0. The van der Waals surface area contributed by atoms with Crippen molar-refractivity contribution in [2.75, 3.05) is 11.4 Å². The van der Waals surface area contributed by atoms with Gasteiger partial charge in [0.25, 0.3) is 0 Å². The van der Waals surface area contributed by atoms with Crippen molar-refractivity contribution in [1.29, 1.82) is 0 Å². The van der Waals surface area contributed by atoms with Crippen LogP contribution in [0.25, 0.3) is 10.9 Å². The minimum atomic E-state index is -0.531. The minimum absolute atomic E-state index is 0.114. The Bertz CT molecular complexity index is 695. The van der Waals surface area contributed by atoms with Crippen LogP contribution < -0.4 is 4.90 Å². The van der Waals surface area contributed by atoms with E-state index in [9.17, 15) is 5.11 Å². The SMILES string of the molecule is CC.Cc1cc2nc(C)nc3c2c(n1)C(O)C1CCCCN31. The number of aromatic nitrogens is 3. The van der Waals surface area contributed by atoms with Gasteiger partial charge in [0.05, 0.1) is 22.6 Å². The lowest BCUT2D eigenvalue weighted by molar-refractivity contribution is 0.123. The number of fused-ring (bicyclic) bond motifs is 2. The van der Waals surface area contributed by atoms with Gasteiger partial charge in [0.1, 0.15) is 17.7 Å². The molecule has 2 aromatic heterocycles. The molecule has 2 aromatic rings. The number of hydrogen-bond acceptors (Lipinski definition) is 5. The molecule has 4 rings (SSSR count). The average Bonchev–Trinajstić information content (AvgIpc) is 2.53. The monoisotopic (exact) mass is 300 g/mol. The molecule has 0 bridgehead atoms. The molecule has 1 fully saturated rings. The van der Waals surface area contributed by atoms with Crippen molar-refractivity contribution in [3.05, 3.63) is 23.3 Å². The number of anilines is 1. The molecular formula is C17H24N4O. The summed E-state index contributed by atoms with van der Waals surface area (Å²) in [5.41, 5.74) is 2.57. The number of hydrogen-bond donors (Lipinski definition) is 1. The number of nitrogens with zero attached hydrogens (tertiary/aromatic N) is 4. The molecule has 0 saturated carbocycles. The van der Waals surface area contributed by atoms with Crippen molar-refractivity contribution in [3.8, 4) is 0 Å². The highest BCUT2D eigenvalue weighted by atomic mass is 16.3. The Morgan fingerprint density at radius 3 is 2.68 bits per heavy atom. The molecule has 0 radical (unpaired) electrons. The van der Waals surface area contributed by atoms with Gasteiger partial charge >= 0.3 is 0 Å². The van der Waals surface area contributed by atoms with E-state index < -0.39 is 6.10 Å². The van der Waals surface area contributed by atoms with Gasteiger partial charge in [-0.2, -0.15) is 0 Å². The Balaban J connectivity index is 0.000000693. The number of aliphatic hydroxyl groups excluding tert-OH is 1. The molecule has 2 aliphatic heterocycles. The Morgan fingerprint density at radius 2 is 1.91 bits per heavy atom. The summed E-state index contributed by atoms with van der Waals surface area (Å²) in [4.78, 5) is 16.0. The van der Waals surface area contributed by atoms with Gasteiger partial charge in [0, 0.05) is 12.2 Å². The molecule has 5 heteroatoms. The Morgan fingerprint density at radius 1 is 1.14 bits per heavy atom. The molecule has 0 spiro atoms. The molecule has 4 heterocycles. The zero-order chi connectivity index (χ0) is 15.9. The van der Waals surface area contributed by atoms with Crippen molar-refractivity contribution in [3.63, 3.8) is 0 Å². The van der Waals surface area contributed by atoms with Gasteiger partial charge in [-0.25, -0.2) is 9.97 Å². The zero-order valence-electron chi connectivity index (χ0n) is 13.8. The first kappa shape index (κ1) is 15.2. The third kappa shape index (κ3) is 2.24. The van der Waals surface area contributed by atoms with Gasteiger partial charge < -0.3 is 10.0 Å². The summed E-state index contributed by atoms with van der Waals surface area (Å²) in [6.07, 6.45) is 2.78. The van der Waals surface area contributed by atoms with Gasteiger partial charge in [0.15, 0.2) is 0 Å². The molecule has 2 unspecified atom stereocenters. The topological polar surface area (TPSA) is 62.1 Å². The summed E-state index contributed by atoms with van der Waals surface area (Å²) in [7, 11) is 0. The fraction of sp³-hybridized carbons (Fsp3) is 0.588. The van der Waals surface area contributed by atoms with Crippen LogP contribution in [-0.2, 0) is 0 Å². The smallest absolute Gasteiger partial charge is 0.142 e. The Kier molecular flexibility index (Phi) is 4.00. The van der Waals surface area contributed by atoms with Crippen molar-refractivity contribution < 1.29 is 5.11 Å². The fourth-order valence-corrected chi connectivity index (χ4v) is 3.56. The first-order valence-corrected chi connectivity index (χ1v) is 8.26. The maximum atomic E-state index is 10.7. The number of aliphatic hydroxyl groups is 1. The van der Waals surface area contributed by atoms with Crippen molar-refractivity contribution in [2.24, 2.45) is 0 Å². The van der Waals surface area contributed by atoms with Gasteiger partial charge in [-0.3, -0.25) is 4.98 Å². The summed E-state index contributed by atoms with van der Waals surface area (Å²) in [6.45, 7) is 8.84. The lowest BCUT2D eigenvalue weighted by Crippen LogP contribution is -2.46. The highest BCUT2D eigenvalue weighted by Gasteiger charge is 2.38. The molecule has 118 valence electrons. The maximum Gasteiger partial charge on any atom is 0.142 e. The summed E-state index contributed by atoms with van der Waals surface area (Å²) < 4.78 is 0. The molecule has 2 atom stereocenters. The first-order chi connectivity index (χ1) is 10.6. The standard InChI is InChI=1S/C15H18N4O.C2H6/c1-8-7-10-12-13(16-8)14(20)11-5-3-4-6-19(11)15(12)18-9(2)17-10;1-2/h7,11,14,20H,3-6H2,1-2H3;1-2H3. The van der Waals surface area contributed by atoms with Gasteiger partial charge in [-0.1, -0.05) is 13.8 Å². The predicted molar refractivity (Wildman–Crippen MR) is 88.1 cm³/mol. The van der Waals surface area contributed by atoms with Crippen LogP contribution in [0.4, 0.5) is 5.82 Å². The van der Waals surface area contributed by atoms with Crippen LogP contribution >= 0.6 is 0 Å². The average molecular weight is 300 g/mol. The van der Waals surface area contributed by atoms with Gasteiger partial charge in [0.2, 0.25) is 0 Å². The largest absolute Gasteiger partial charge is 0.385 e. The van der Waals surface area contributed by atoms with Gasteiger partial charge in [-0.15, -0.1) is 0 Å². The van der Waals surface area contributed by atoms with Crippen molar-refractivity contribution in [2.45, 2.75) is 59.1 Å². The van der Waals surface area contributed by atoms with E-state index in [1.54, 1.807) is 0 Å². The summed E-state index contributed by atoms with van der Waals surface area (Å²) in [6, 6.07) is 2.09. The van der Waals surface area contributed by atoms with Crippen molar-refractivity contribution >= 4 is 16.7 Å². The van der Waals surface area contributed by atoms with Crippen LogP contribution in [0.15, 0.2) is 6.07 Å². The van der Waals surface area contributed by atoms with E-state index >= 15 is 0 Å². The van der Waals surface area contributed by atoms with E-state index in [0.717, 1.165) is 59.7 Å². The van der Waals surface area contributed by atoms with E-state index in [0.29, 0.717) is 0 Å². The molecular weight excluding hydrogens is 276 g/mol.